The van der Waals surface area contributed by atoms with Gasteiger partial charge in [0.25, 0.3) is 11.6 Å². The Labute approximate surface area is 154 Å². The lowest BCUT2D eigenvalue weighted by Crippen LogP contribution is -2.44. The second-order valence-electron chi connectivity index (χ2n) is 7.04. The van der Waals surface area contributed by atoms with Gasteiger partial charge in [-0.15, -0.1) is 0 Å². The maximum atomic E-state index is 12.6. The number of nitro benzene ring substituents is 1. The molecule has 0 saturated carbocycles. The van der Waals surface area contributed by atoms with Crippen LogP contribution in [0, 0.1) is 16.0 Å². The number of carbonyl (C=O) groups excluding carboxylic acids is 1. The molecule has 1 heterocycles. The summed E-state index contributed by atoms with van der Waals surface area (Å²) in [6.45, 7) is 4.95. The highest BCUT2D eigenvalue weighted by Gasteiger charge is 2.29. The van der Waals surface area contributed by atoms with Crippen LogP contribution in [0.25, 0.3) is 0 Å². The van der Waals surface area contributed by atoms with E-state index in [2.05, 4.69) is 19.2 Å². The zero-order valence-corrected chi connectivity index (χ0v) is 16.0. The van der Waals surface area contributed by atoms with Crippen molar-refractivity contribution < 1.29 is 14.5 Å². The van der Waals surface area contributed by atoms with Gasteiger partial charge >= 0.3 is 0 Å². The summed E-state index contributed by atoms with van der Waals surface area (Å²) in [7, 11) is 3.48. The van der Waals surface area contributed by atoms with E-state index in [9.17, 15) is 14.9 Å². The van der Waals surface area contributed by atoms with Crippen LogP contribution < -0.4 is 10.2 Å². The summed E-state index contributed by atoms with van der Waals surface area (Å²) in [5.41, 5.74) is 0.726. The van der Waals surface area contributed by atoms with Crippen molar-refractivity contribution in [1.29, 1.82) is 0 Å². The molecule has 7 nitrogen and oxygen atoms in total. The maximum absolute atomic E-state index is 12.6. The molecule has 1 saturated heterocycles. The molecule has 0 unspecified atom stereocenters. The number of hydrogen-bond acceptors (Lipinski definition) is 5. The van der Waals surface area contributed by atoms with Gasteiger partial charge in [-0.2, -0.15) is 0 Å². The van der Waals surface area contributed by atoms with Gasteiger partial charge in [0, 0.05) is 38.4 Å². The fourth-order valence-corrected chi connectivity index (χ4v) is 3.56. The minimum absolute atomic E-state index is 0.0365. The number of amides is 1. The van der Waals surface area contributed by atoms with E-state index in [0.717, 1.165) is 25.7 Å². The third-order valence-electron chi connectivity index (χ3n) is 5.14. The van der Waals surface area contributed by atoms with Crippen LogP contribution in [0.3, 0.4) is 0 Å². The average molecular weight is 363 g/mol. The van der Waals surface area contributed by atoms with Gasteiger partial charge in [-0.25, -0.2) is 0 Å². The monoisotopic (exact) mass is 363 g/mol. The Hall–Kier alpha value is -2.15. The molecular weight excluding hydrogens is 334 g/mol. The molecule has 1 amide bonds. The molecule has 1 fully saturated rings. The molecule has 1 aromatic rings. The Bertz CT molecular complexity index is 644. The molecule has 7 heteroatoms. The van der Waals surface area contributed by atoms with Crippen molar-refractivity contribution in [3.63, 3.8) is 0 Å². The molecule has 0 aromatic heterocycles. The second-order valence-corrected chi connectivity index (χ2v) is 7.04. The first-order chi connectivity index (χ1) is 12.4. The lowest BCUT2D eigenvalue weighted by molar-refractivity contribution is -0.384. The molecule has 2 rings (SSSR count). The molecule has 2 atom stereocenters. The van der Waals surface area contributed by atoms with E-state index in [0.29, 0.717) is 23.8 Å². The number of nitrogens with one attached hydrogen (secondary N) is 1. The SMILES string of the molecule is CCC(CC)[C@@H]1C[C@H](NC(=O)c2ccc(N(C)C)c([N+](=O)[O-])c2)CCO1. The minimum atomic E-state index is -0.455. The number of nitro groups is 1. The Balaban J connectivity index is 2.09. The number of anilines is 1. The van der Waals surface area contributed by atoms with E-state index in [-0.39, 0.29) is 23.7 Å². The summed E-state index contributed by atoms with van der Waals surface area (Å²) in [4.78, 5) is 25.1. The predicted octanol–water partition coefficient (Wildman–Crippen LogP) is 3.37. The molecule has 1 aromatic carbocycles. The largest absolute Gasteiger partial charge is 0.378 e. The van der Waals surface area contributed by atoms with Crippen molar-refractivity contribution in [2.24, 2.45) is 5.92 Å². The first-order valence-electron chi connectivity index (χ1n) is 9.25. The predicted molar refractivity (Wildman–Crippen MR) is 102 cm³/mol. The van der Waals surface area contributed by atoms with Gasteiger partial charge in [-0.05, 0) is 30.9 Å². The second kappa shape index (κ2) is 8.98. The van der Waals surface area contributed by atoms with E-state index >= 15 is 0 Å². The number of ether oxygens (including phenoxy) is 1. The molecule has 1 aliphatic rings. The Morgan fingerprint density at radius 2 is 2.08 bits per heavy atom. The van der Waals surface area contributed by atoms with Crippen LogP contribution in [0.4, 0.5) is 11.4 Å². The lowest BCUT2D eigenvalue weighted by atomic mass is 9.89. The summed E-state index contributed by atoms with van der Waals surface area (Å²) >= 11 is 0. The van der Waals surface area contributed by atoms with Crippen molar-refractivity contribution in [1.82, 2.24) is 5.32 Å². The van der Waals surface area contributed by atoms with Gasteiger partial charge in [-0.3, -0.25) is 14.9 Å². The molecule has 0 aliphatic carbocycles. The number of benzene rings is 1. The van der Waals surface area contributed by atoms with Crippen LogP contribution in [0.1, 0.15) is 49.9 Å². The molecule has 144 valence electrons. The normalized spacial score (nSPS) is 20.0. The van der Waals surface area contributed by atoms with Crippen molar-refractivity contribution in [3.8, 4) is 0 Å². The molecule has 0 radical (unpaired) electrons. The highest BCUT2D eigenvalue weighted by atomic mass is 16.6. The average Bonchev–Trinajstić information content (AvgIpc) is 2.62. The molecule has 0 bridgehead atoms. The molecule has 1 aliphatic heterocycles. The van der Waals surface area contributed by atoms with E-state index in [1.807, 2.05) is 0 Å². The van der Waals surface area contributed by atoms with Gasteiger partial charge < -0.3 is 15.0 Å². The van der Waals surface area contributed by atoms with Crippen LogP contribution in [0.2, 0.25) is 0 Å². The molecule has 0 spiro atoms. The maximum Gasteiger partial charge on any atom is 0.293 e. The zero-order valence-electron chi connectivity index (χ0n) is 16.0. The Morgan fingerprint density at radius 3 is 2.65 bits per heavy atom. The Morgan fingerprint density at radius 1 is 1.38 bits per heavy atom. The van der Waals surface area contributed by atoms with E-state index < -0.39 is 4.92 Å². The van der Waals surface area contributed by atoms with Crippen molar-refractivity contribution in [3.05, 3.63) is 33.9 Å². The standard InChI is InChI=1S/C19H29N3O4/c1-5-13(6-2)18-12-15(9-10-26-18)20-19(23)14-7-8-16(21(3)4)17(11-14)22(24)25/h7-8,11,13,15,18H,5-6,9-10,12H2,1-4H3,(H,20,23)/t15-,18+/m1/s1. The number of carbonyl (C=O) groups is 1. The van der Waals surface area contributed by atoms with E-state index in [1.54, 1.807) is 31.1 Å². The first-order valence-corrected chi connectivity index (χ1v) is 9.25. The van der Waals surface area contributed by atoms with Crippen molar-refractivity contribution in [2.75, 3.05) is 25.6 Å². The summed E-state index contributed by atoms with van der Waals surface area (Å²) in [6.07, 6.45) is 3.82. The van der Waals surface area contributed by atoms with E-state index in [4.69, 9.17) is 4.74 Å². The van der Waals surface area contributed by atoms with Gasteiger partial charge in [0.05, 0.1) is 11.0 Å². The Kier molecular flexibility index (Phi) is 6.97. The highest BCUT2D eigenvalue weighted by Crippen LogP contribution is 2.28. The van der Waals surface area contributed by atoms with Crippen LogP contribution in [-0.4, -0.2) is 43.7 Å². The smallest absolute Gasteiger partial charge is 0.293 e. The van der Waals surface area contributed by atoms with Gasteiger partial charge in [-0.1, -0.05) is 26.7 Å². The van der Waals surface area contributed by atoms with Gasteiger partial charge in [0.15, 0.2) is 0 Å². The van der Waals surface area contributed by atoms with Crippen LogP contribution in [0.5, 0.6) is 0 Å². The third-order valence-corrected chi connectivity index (χ3v) is 5.14. The van der Waals surface area contributed by atoms with Crippen LogP contribution in [0.15, 0.2) is 18.2 Å². The summed E-state index contributed by atoms with van der Waals surface area (Å²) in [6, 6.07) is 4.64. The van der Waals surface area contributed by atoms with Crippen LogP contribution in [-0.2, 0) is 4.74 Å². The number of hydrogen-bond donors (Lipinski definition) is 1. The fraction of sp³-hybridized carbons (Fsp3) is 0.632. The van der Waals surface area contributed by atoms with Crippen molar-refractivity contribution in [2.45, 2.75) is 51.7 Å². The highest BCUT2D eigenvalue weighted by molar-refractivity contribution is 5.96. The lowest BCUT2D eigenvalue weighted by Gasteiger charge is -2.34. The number of nitrogens with zero attached hydrogens (tertiary/aromatic N) is 2. The molecular formula is C19H29N3O4. The quantitative estimate of drug-likeness (QED) is 0.593. The topological polar surface area (TPSA) is 84.7 Å². The molecule has 26 heavy (non-hydrogen) atoms. The summed E-state index contributed by atoms with van der Waals surface area (Å²) in [5, 5.41) is 14.3. The van der Waals surface area contributed by atoms with Crippen LogP contribution >= 0.6 is 0 Å². The fourth-order valence-electron chi connectivity index (χ4n) is 3.56. The molecule has 1 N–H and O–H groups in total. The number of rotatable bonds is 7. The van der Waals surface area contributed by atoms with Gasteiger partial charge in [0.1, 0.15) is 5.69 Å². The summed E-state index contributed by atoms with van der Waals surface area (Å²) in [5.74, 6) is 0.226. The zero-order chi connectivity index (χ0) is 19.3. The van der Waals surface area contributed by atoms with E-state index in [1.165, 1.54) is 6.07 Å². The minimum Gasteiger partial charge on any atom is -0.378 e. The van der Waals surface area contributed by atoms with Crippen molar-refractivity contribution >= 4 is 17.3 Å². The third kappa shape index (κ3) is 4.72. The summed E-state index contributed by atoms with van der Waals surface area (Å²) < 4.78 is 5.89. The first kappa shape index (κ1) is 20.2. The van der Waals surface area contributed by atoms with Gasteiger partial charge in [0.2, 0.25) is 0 Å².